The third kappa shape index (κ3) is 6.14. The lowest BCUT2D eigenvalue weighted by atomic mass is 10.1. The first-order chi connectivity index (χ1) is 15.5. The summed E-state index contributed by atoms with van der Waals surface area (Å²) in [6.45, 7) is 1.15. The average Bonchev–Trinajstić information content (AvgIpc) is 3.19. The smallest absolute Gasteiger partial charge is 0.299 e. The number of aromatic nitrogens is 1. The van der Waals surface area contributed by atoms with Crippen molar-refractivity contribution in [3.63, 3.8) is 0 Å². The summed E-state index contributed by atoms with van der Waals surface area (Å²) in [4.78, 5) is 4.01. The number of hydrogen-bond donors (Lipinski definition) is 4. The zero-order chi connectivity index (χ0) is 22.4. The van der Waals surface area contributed by atoms with E-state index < -0.39 is 16.3 Å². The van der Waals surface area contributed by atoms with Crippen molar-refractivity contribution >= 4 is 15.9 Å². The van der Waals surface area contributed by atoms with Gasteiger partial charge >= 0.3 is 0 Å². The quantitative estimate of drug-likeness (QED) is 0.354. The average molecular weight is 453 g/mol. The van der Waals surface area contributed by atoms with Crippen LogP contribution < -0.4 is 14.8 Å². The highest BCUT2D eigenvalue weighted by Gasteiger charge is 2.25. The Morgan fingerprint density at radius 2 is 1.72 bits per heavy atom. The number of aliphatic hydroxyl groups is 1. The van der Waals surface area contributed by atoms with Crippen LogP contribution in [0.15, 0.2) is 73.1 Å². The van der Waals surface area contributed by atoms with E-state index in [4.69, 9.17) is 0 Å². The van der Waals surface area contributed by atoms with E-state index in [1.54, 1.807) is 30.6 Å². The van der Waals surface area contributed by atoms with E-state index in [9.17, 15) is 13.5 Å². The standard InChI is InChI=1S/C24H28N4O3S/c29-24(21-6-3-12-25-16-21)17-26-13-11-18-7-9-22(10-8-18)27-32(30,31)28-23-14-19-4-1-2-5-20(19)15-23/h1-10,12,16,23-24,26-29H,11,13-15,17H2/t24-/m0/s1. The molecule has 1 aromatic heterocycles. The fourth-order valence-corrected chi connectivity index (χ4v) is 5.06. The van der Waals surface area contributed by atoms with E-state index in [-0.39, 0.29) is 6.04 Å². The van der Waals surface area contributed by atoms with Crippen LogP contribution in [0.1, 0.15) is 28.4 Å². The molecule has 0 radical (unpaired) electrons. The highest BCUT2D eigenvalue weighted by molar-refractivity contribution is 7.90. The van der Waals surface area contributed by atoms with Crippen LogP contribution in [0, 0.1) is 0 Å². The van der Waals surface area contributed by atoms with Crippen molar-refractivity contribution in [2.24, 2.45) is 0 Å². The topological polar surface area (TPSA) is 103 Å². The SMILES string of the molecule is O=S(=O)(Nc1ccc(CCNC[C@H](O)c2cccnc2)cc1)NC1Cc2ccccc2C1. The van der Waals surface area contributed by atoms with Crippen molar-refractivity contribution in [1.29, 1.82) is 0 Å². The molecule has 0 saturated heterocycles. The van der Waals surface area contributed by atoms with E-state index in [1.807, 2.05) is 42.5 Å². The summed E-state index contributed by atoms with van der Waals surface area (Å²) in [6, 6.07) is 18.9. The first-order valence-electron chi connectivity index (χ1n) is 10.7. The van der Waals surface area contributed by atoms with Crippen molar-refractivity contribution in [2.75, 3.05) is 17.8 Å². The Hall–Kier alpha value is -2.78. The Kier molecular flexibility index (Phi) is 7.16. The van der Waals surface area contributed by atoms with Gasteiger partial charge in [-0.25, -0.2) is 0 Å². The van der Waals surface area contributed by atoms with E-state index in [0.717, 1.165) is 17.5 Å². The van der Waals surface area contributed by atoms with Gasteiger partial charge in [-0.2, -0.15) is 13.1 Å². The molecule has 4 rings (SSSR count). The molecule has 1 aliphatic rings. The van der Waals surface area contributed by atoms with Crippen LogP contribution in [0.4, 0.5) is 5.69 Å². The van der Waals surface area contributed by atoms with E-state index in [2.05, 4.69) is 19.7 Å². The first-order valence-corrected chi connectivity index (χ1v) is 12.2. The van der Waals surface area contributed by atoms with Crippen LogP contribution in [-0.2, 0) is 29.5 Å². The third-order valence-electron chi connectivity index (χ3n) is 5.58. The highest BCUT2D eigenvalue weighted by Crippen LogP contribution is 2.22. The number of hydrogen-bond acceptors (Lipinski definition) is 5. The fourth-order valence-electron chi connectivity index (χ4n) is 3.95. The number of fused-ring (bicyclic) bond motifs is 1. The Morgan fingerprint density at radius 1 is 1.00 bits per heavy atom. The van der Waals surface area contributed by atoms with Gasteiger partial charge in [-0.1, -0.05) is 42.5 Å². The van der Waals surface area contributed by atoms with Gasteiger partial charge in [0.25, 0.3) is 10.2 Å². The third-order valence-corrected chi connectivity index (χ3v) is 6.72. The molecule has 0 unspecified atom stereocenters. The van der Waals surface area contributed by atoms with E-state index in [0.29, 0.717) is 31.6 Å². The number of aliphatic hydroxyl groups excluding tert-OH is 1. The van der Waals surface area contributed by atoms with Gasteiger partial charge < -0.3 is 10.4 Å². The molecule has 168 valence electrons. The number of pyridine rings is 1. The molecule has 0 aliphatic heterocycles. The summed E-state index contributed by atoms with van der Waals surface area (Å²) in [5, 5.41) is 13.4. The number of nitrogens with zero attached hydrogens (tertiary/aromatic N) is 1. The summed E-state index contributed by atoms with van der Waals surface area (Å²) in [7, 11) is -3.65. The second-order valence-corrected chi connectivity index (χ2v) is 9.50. The summed E-state index contributed by atoms with van der Waals surface area (Å²) < 4.78 is 30.4. The maximum absolute atomic E-state index is 12.5. The van der Waals surface area contributed by atoms with Crippen molar-refractivity contribution < 1.29 is 13.5 Å². The van der Waals surface area contributed by atoms with Crippen LogP contribution in [0.5, 0.6) is 0 Å². The van der Waals surface area contributed by atoms with Crippen LogP contribution >= 0.6 is 0 Å². The van der Waals surface area contributed by atoms with Gasteiger partial charge in [0.05, 0.1) is 6.10 Å². The second-order valence-electron chi connectivity index (χ2n) is 8.05. The summed E-state index contributed by atoms with van der Waals surface area (Å²) >= 11 is 0. The molecule has 1 heterocycles. The maximum Gasteiger partial charge on any atom is 0.299 e. The molecule has 0 amide bonds. The summed E-state index contributed by atoms with van der Waals surface area (Å²) in [5.74, 6) is 0. The van der Waals surface area contributed by atoms with E-state index in [1.165, 1.54) is 11.1 Å². The largest absolute Gasteiger partial charge is 0.387 e. The van der Waals surface area contributed by atoms with Crippen molar-refractivity contribution in [1.82, 2.24) is 15.0 Å². The molecule has 7 nitrogen and oxygen atoms in total. The minimum absolute atomic E-state index is 0.128. The molecular formula is C24H28N4O3S. The Morgan fingerprint density at radius 3 is 2.38 bits per heavy atom. The van der Waals surface area contributed by atoms with Gasteiger partial charge in [-0.3, -0.25) is 9.71 Å². The van der Waals surface area contributed by atoms with Gasteiger partial charge in [0.1, 0.15) is 0 Å². The molecule has 0 bridgehead atoms. The monoisotopic (exact) mass is 452 g/mol. The molecule has 4 N–H and O–H groups in total. The molecular weight excluding hydrogens is 424 g/mol. The predicted octanol–water partition coefficient (Wildman–Crippen LogP) is 2.36. The van der Waals surface area contributed by atoms with Crippen LogP contribution in [0.3, 0.4) is 0 Å². The van der Waals surface area contributed by atoms with Gasteiger partial charge in [-0.15, -0.1) is 0 Å². The van der Waals surface area contributed by atoms with Crippen LogP contribution in [0.2, 0.25) is 0 Å². The Bertz CT molecular complexity index is 1100. The van der Waals surface area contributed by atoms with Crippen molar-refractivity contribution in [3.8, 4) is 0 Å². The number of rotatable bonds is 10. The molecule has 1 aliphatic carbocycles. The zero-order valence-corrected chi connectivity index (χ0v) is 18.6. The zero-order valence-electron chi connectivity index (χ0n) is 17.7. The first kappa shape index (κ1) is 22.4. The lowest BCUT2D eigenvalue weighted by Crippen LogP contribution is -2.39. The minimum Gasteiger partial charge on any atom is -0.387 e. The lowest BCUT2D eigenvalue weighted by Gasteiger charge is -2.14. The number of anilines is 1. The maximum atomic E-state index is 12.5. The molecule has 0 spiro atoms. The Labute approximate surface area is 189 Å². The predicted molar refractivity (Wildman–Crippen MR) is 126 cm³/mol. The molecule has 32 heavy (non-hydrogen) atoms. The number of benzene rings is 2. The van der Waals surface area contributed by atoms with Gasteiger partial charge in [0.2, 0.25) is 0 Å². The van der Waals surface area contributed by atoms with Gasteiger partial charge in [-0.05, 0) is 60.7 Å². The van der Waals surface area contributed by atoms with Crippen LogP contribution in [-0.4, -0.2) is 37.6 Å². The number of nitrogens with one attached hydrogen (secondary N) is 3. The molecule has 1 atom stereocenters. The molecule has 2 aromatic carbocycles. The molecule has 0 fully saturated rings. The van der Waals surface area contributed by atoms with Gasteiger partial charge in [0, 0.05) is 36.2 Å². The van der Waals surface area contributed by atoms with Gasteiger partial charge in [0.15, 0.2) is 0 Å². The van der Waals surface area contributed by atoms with Crippen molar-refractivity contribution in [2.45, 2.75) is 31.4 Å². The lowest BCUT2D eigenvalue weighted by molar-refractivity contribution is 0.174. The summed E-state index contributed by atoms with van der Waals surface area (Å²) in [6.07, 6.45) is 4.92. The van der Waals surface area contributed by atoms with Crippen LogP contribution in [0.25, 0.3) is 0 Å². The van der Waals surface area contributed by atoms with Crippen molar-refractivity contribution in [3.05, 3.63) is 95.3 Å². The molecule has 8 heteroatoms. The summed E-state index contributed by atoms with van der Waals surface area (Å²) in [5.41, 5.74) is 4.79. The van der Waals surface area contributed by atoms with E-state index >= 15 is 0 Å². The molecule has 0 saturated carbocycles. The highest BCUT2D eigenvalue weighted by atomic mass is 32.2. The normalized spacial score (nSPS) is 14.8. The second kappa shape index (κ2) is 10.2. The minimum atomic E-state index is -3.65. The Balaban J connectivity index is 1.21. The fraction of sp³-hybridized carbons (Fsp3) is 0.292. The molecule has 3 aromatic rings.